The summed E-state index contributed by atoms with van der Waals surface area (Å²) in [6.07, 6.45) is -3.14. The van der Waals surface area contributed by atoms with Crippen LogP contribution in [0.3, 0.4) is 0 Å². The van der Waals surface area contributed by atoms with E-state index < -0.39 is 11.7 Å². The predicted octanol–water partition coefficient (Wildman–Crippen LogP) is 3.76. The average Bonchev–Trinajstić information content (AvgIpc) is 3.25. The Labute approximate surface area is 148 Å². The SMILES string of the molecule is O=C(Nc1ccc(C(F)(F)F)cc1)c1ccc(C2OC3CNC2C3)cc1. The number of carbonyl (C=O) groups excluding carboxylic acids is 1. The summed E-state index contributed by atoms with van der Waals surface area (Å²) in [4.78, 5) is 12.3. The molecule has 2 aromatic carbocycles. The second-order valence-electron chi connectivity index (χ2n) is 6.58. The highest BCUT2D eigenvalue weighted by Crippen LogP contribution is 2.36. The second kappa shape index (κ2) is 6.41. The van der Waals surface area contributed by atoms with Crippen LogP contribution in [-0.4, -0.2) is 24.6 Å². The zero-order valence-corrected chi connectivity index (χ0v) is 13.7. The standard InChI is InChI=1S/C19H17F3N2O2/c20-19(21,22)13-5-7-14(8-6-13)24-18(25)12-3-1-11(2-4-12)17-16-9-15(26-17)10-23-16/h1-8,15-17,23H,9-10H2,(H,24,25). The minimum absolute atomic E-state index is 0.000717. The van der Waals surface area contributed by atoms with Crippen molar-refractivity contribution in [3.05, 3.63) is 65.2 Å². The molecule has 2 fully saturated rings. The van der Waals surface area contributed by atoms with Crippen LogP contribution in [0.2, 0.25) is 0 Å². The van der Waals surface area contributed by atoms with E-state index in [2.05, 4.69) is 10.6 Å². The molecule has 0 spiro atoms. The van der Waals surface area contributed by atoms with Crippen molar-refractivity contribution in [2.24, 2.45) is 0 Å². The van der Waals surface area contributed by atoms with Crippen LogP contribution in [0.25, 0.3) is 0 Å². The van der Waals surface area contributed by atoms with Crippen LogP contribution in [0, 0.1) is 0 Å². The van der Waals surface area contributed by atoms with E-state index in [0.717, 1.165) is 30.7 Å². The monoisotopic (exact) mass is 362 g/mol. The number of nitrogens with one attached hydrogen (secondary N) is 2. The van der Waals surface area contributed by atoms with Crippen molar-refractivity contribution in [3.63, 3.8) is 0 Å². The number of halogens is 3. The van der Waals surface area contributed by atoms with Gasteiger partial charge in [-0.15, -0.1) is 0 Å². The third-order valence-electron chi connectivity index (χ3n) is 4.80. The fourth-order valence-electron chi connectivity index (χ4n) is 3.45. The molecule has 0 aromatic heterocycles. The van der Waals surface area contributed by atoms with E-state index in [1.54, 1.807) is 12.1 Å². The van der Waals surface area contributed by atoms with Gasteiger partial charge in [0.05, 0.1) is 17.8 Å². The molecule has 4 rings (SSSR count). The number of fused-ring (bicyclic) bond motifs is 2. The summed E-state index contributed by atoms with van der Waals surface area (Å²) in [5, 5.41) is 6.01. The molecule has 3 atom stereocenters. The molecule has 7 heteroatoms. The first-order chi connectivity index (χ1) is 12.4. The van der Waals surface area contributed by atoms with Gasteiger partial charge in [0.2, 0.25) is 0 Å². The van der Waals surface area contributed by atoms with Gasteiger partial charge in [-0.2, -0.15) is 13.2 Å². The lowest BCUT2D eigenvalue weighted by atomic mass is 10.0. The number of morpholine rings is 1. The molecule has 2 bridgehead atoms. The van der Waals surface area contributed by atoms with Crippen LogP contribution in [0.15, 0.2) is 48.5 Å². The van der Waals surface area contributed by atoms with Gasteiger partial charge in [-0.05, 0) is 48.4 Å². The van der Waals surface area contributed by atoms with Crippen molar-refractivity contribution in [1.29, 1.82) is 0 Å². The molecule has 0 saturated carbocycles. The molecule has 2 aliphatic heterocycles. The molecule has 0 radical (unpaired) electrons. The van der Waals surface area contributed by atoms with Gasteiger partial charge in [-0.25, -0.2) is 0 Å². The Kier molecular flexibility index (Phi) is 4.20. The molecular formula is C19H17F3N2O2. The van der Waals surface area contributed by atoms with Crippen LogP contribution >= 0.6 is 0 Å². The van der Waals surface area contributed by atoms with Crippen molar-refractivity contribution in [3.8, 4) is 0 Å². The lowest BCUT2D eigenvalue weighted by Crippen LogP contribution is -2.34. The minimum atomic E-state index is -4.39. The maximum atomic E-state index is 12.6. The number of rotatable bonds is 3. The van der Waals surface area contributed by atoms with Crippen molar-refractivity contribution >= 4 is 11.6 Å². The summed E-state index contributed by atoms with van der Waals surface area (Å²) in [6.45, 7) is 0.884. The zero-order valence-electron chi connectivity index (χ0n) is 13.7. The van der Waals surface area contributed by atoms with Crippen LogP contribution in [0.4, 0.5) is 18.9 Å². The zero-order chi connectivity index (χ0) is 18.3. The number of hydrogen-bond donors (Lipinski definition) is 2. The molecule has 2 heterocycles. The number of hydrogen-bond acceptors (Lipinski definition) is 3. The fourth-order valence-corrected chi connectivity index (χ4v) is 3.45. The molecule has 2 N–H and O–H groups in total. The second-order valence-corrected chi connectivity index (χ2v) is 6.58. The maximum Gasteiger partial charge on any atom is 0.416 e. The molecule has 2 aromatic rings. The van der Waals surface area contributed by atoms with Gasteiger partial charge in [-0.3, -0.25) is 4.79 Å². The number of alkyl halides is 3. The quantitative estimate of drug-likeness (QED) is 0.874. The Balaban J connectivity index is 1.42. The summed E-state index contributed by atoms with van der Waals surface area (Å²) < 4.78 is 43.6. The van der Waals surface area contributed by atoms with Gasteiger partial charge in [0.1, 0.15) is 0 Å². The van der Waals surface area contributed by atoms with Gasteiger partial charge in [0, 0.05) is 23.8 Å². The average molecular weight is 362 g/mol. The first kappa shape index (κ1) is 17.1. The van der Waals surface area contributed by atoms with Crippen LogP contribution in [-0.2, 0) is 10.9 Å². The van der Waals surface area contributed by atoms with E-state index in [-0.39, 0.29) is 18.1 Å². The van der Waals surface area contributed by atoms with E-state index in [9.17, 15) is 18.0 Å². The predicted molar refractivity (Wildman–Crippen MR) is 89.9 cm³/mol. The van der Waals surface area contributed by atoms with E-state index in [1.807, 2.05) is 12.1 Å². The van der Waals surface area contributed by atoms with Crippen molar-refractivity contribution in [1.82, 2.24) is 5.32 Å². The van der Waals surface area contributed by atoms with Crippen molar-refractivity contribution in [2.45, 2.75) is 30.8 Å². The summed E-state index contributed by atoms with van der Waals surface area (Å²) in [5.41, 5.74) is 1.01. The highest BCUT2D eigenvalue weighted by molar-refractivity contribution is 6.04. The fraction of sp³-hybridized carbons (Fsp3) is 0.316. The first-order valence-corrected chi connectivity index (χ1v) is 8.37. The summed E-state index contributed by atoms with van der Waals surface area (Å²) >= 11 is 0. The van der Waals surface area contributed by atoms with Gasteiger partial charge in [0.15, 0.2) is 0 Å². The molecular weight excluding hydrogens is 345 g/mol. The Bertz CT molecular complexity index is 803. The Hall–Kier alpha value is -2.38. The molecule has 4 nitrogen and oxygen atoms in total. The highest BCUT2D eigenvalue weighted by atomic mass is 19.4. The van der Waals surface area contributed by atoms with E-state index >= 15 is 0 Å². The molecule has 3 unspecified atom stereocenters. The Morgan fingerprint density at radius 3 is 2.31 bits per heavy atom. The van der Waals surface area contributed by atoms with Crippen molar-refractivity contribution < 1.29 is 22.7 Å². The van der Waals surface area contributed by atoms with Crippen LogP contribution in [0.1, 0.15) is 34.0 Å². The number of ether oxygens (including phenoxy) is 1. The van der Waals surface area contributed by atoms with E-state index in [1.165, 1.54) is 12.1 Å². The van der Waals surface area contributed by atoms with Gasteiger partial charge >= 0.3 is 6.18 Å². The normalized spacial score (nSPS) is 24.7. The minimum Gasteiger partial charge on any atom is -0.367 e. The third-order valence-corrected chi connectivity index (χ3v) is 4.80. The third kappa shape index (κ3) is 3.32. The largest absolute Gasteiger partial charge is 0.416 e. The van der Waals surface area contributed by atoms with Crippen LogP contribution in [0.5, 0.6) is 0 Å². The molecule has 1 amide bonds. The molecule has 0 aliphatic carbocycles. The lowest BCUT2D eigenvalue weighted by Gasteiger charge is -2.23. The van der Waals surface area contributed by atoms with Gasteiger partial charge in [0.25, 0.3) is 5.91 Å². The Morgan fingerprint density at radius 2 is 1.77 bits per heavy atom. The van der Waals surface area contributed by atoms with Gasteiger partial charge < -0.3 is 15.4 Å². The molecule has 136 valence electrons. The summed E-state index contributed by atoms with van der Waals surface area (Å²) in [7, 11) is 0. The van der Waals surface area contributed by atoms with Crippen LogP contribution < -0.4 is 10.6 Å². The molecule has 26 heavy (non-hydrogen) atoms. The maximum absolute atomic E-state index is 12.6. The van der Waals surface area contributed by atoms with E-state index in [4.69, 9.17) is 4.74 Å². The number of carbonyl (C=O) groups is 1. The van der Waals surface area contributed by atoms with Crippen molar-refractivity contribution in [2.75, 3.05) is 11.9 Å². The summed E-state index contributed by atoms with van der Waals surface area (Å²) in [6, 6.07) is 11.8. The summed E-state index contributed by atoms with van der Waals surface area (Å²) in [5.74, 6) is -0.372. The number of anilines is 1. The Morgan fingerprint density at radius 1 is 1.08 bits per heavy atom. The first-order valence-electron chi connectivity index (χ1n) is 8.37. The molecule has 2 saturated heterocycles. The van der Waals surface area contributed by atoms with Gasteiger partial charge in [-0.1, -0.05) is 12.1 Å². The number of amides is 1. The molecule has 2 aliphatic rings. The topological polar surface area (TPSA) is 50.4 Å². The smallest absolute Gasteiger partial charge is 0.367 e. The van der Waals surface area contributed by atoms with E-state index in [0.29, 0.717) is 17.3 Å². The highest BCUT2D eigenvalue weighted by Gasteiger charge is 2.41. The lowest BCUT2D eigenvalue weighted by molar-refractivity contribution is -0.137. The number of benzene rings is 2.